The Labute approximate surface area is 182 Å². The highest BCUT2D eigenvalue weighted by Gasteiger charge is 2.24. The molecule has 0 aromatic heterocycles. The van der Waals surface area contributed by atoms with Gasteiger partial charge in [-0.15, -0.1) is 0 Å². The van der Waals surface area contributed by atoms with Gasteiger partial charge in [-0.1, -0.05) is 23.7 Å². The van der Waals surface area contributed by atoms with Crippen molar-refractivity contribution in [1.82, 2.24) is 15.5 Å². The van der Waals surface area contributed by atoms with Gasteiger partial charge in [-0.3, -0.25) is 4.90 Å². The lowest BCUT2D eigenvalue weighted by Gasteiger charge is -2.37. The minimum atomic E-state index is -3.47. The molecule has 1 heterocycles. The van der Waals surface area contributed by atoms with Gasteiger partial charge in [0.1, 0.15) is 0 Å². The fourth-order valence-corrected chi connectivity index (χ4v) is 3.31. The largest absolute Gasteiger partial charge is 0.368 e. The molecule has 2 N–H and O–H groups in total. The van der Waals surface area contributed by atoms with Crippen molar-refractivity contribution in [2.75, 3.05) is 44.7 Å². The maximum absolute atomic E-state index is 12.0. The number of amides is 2. The molecular weight excluding hydrogens is 360 g/mol. The summed E-state index contributed by atoms with van der Waals surface area (Å²) >= 11 is 6.44. The van der Waals surface area contributed by atoms with Crippen molar-refractivity contribution in [3.05, 3.63) is 28.8 Å². The van der Waals surface area contributed by atoms with Crippen LogP contribution in [0.4, 0.5) is 10.5 Å². The third-order valence-corrected chi connectivity index (χ3v) is 5.20. The van der Waals surface area contributed by atoms with E-state index in [0.29, 0.717) is 31.2 Å². The molecule has 150 valence electrons. The zero-order valence-corrected chi connectivity index (χ0v) is 16.4. The summed E-state index contributed by atoms with van der Waals surface area (Å²) in [6.45, 7) is 4.05. The summed E-state index contributed by atoms with van der Waals surface area (Å²) in [6, 6.07) is 1.20. The van der Waals surface area contributed by atoms with Gasteiger partial charge in [0.05, 0.1) is 12.1 Å². The number of nitrogens with zero attached hydrogens (tertiary/aromatic N) is 2. The van der Waals surface area contributed by atoms with Gasteiger partial charge in [-0.05, 0) is 62.9 Å². The number of anilines is 1. The number of aryl methyl sites for hydroxylation is 1. The number of halogens is 1. The van der Waals surface area contributed by atoms with E-state index in [1.807, 2.05) is 30.0 Å². The van der Waals surface area contributed by atoms with Crippen LogP contribution in [0.25, 0.3) is 0 Å². The van der Waals surface area contributed by atoms with Gasteiger partial charge in [0.2, 0.25) is 0 Å². The highest BCUT2D eigenvalue weighted by Crippen LogP contribution is 2.30. The van der Waals surface area contributed by atoms with Crippen LogP contribution in [-0.4, -0.2) is 56.7 Å². The second-order valence-corrected chi connectivity index (χ2v) is 6.92. The minimum Gasteiger partial charge on any atom is -0.368 e. The molecular formula is C21H33ClN4O. The number of carbonyl (C=O) groups is 1. The smallest absolute Gasteiger partial charge is 0.314 e. The molecule has 5 nitrogen and oxygen atoms in total. The van der Waals surface area contributed by atoms with Crippen molar-refractivity contribution in [3.8, 4) is 0 Å². The lowest BCUT2D eigenvalue weighted by Crippen LogP contribution is -2.47. The fourth-order valence-electron chi connectivity index (χ4n) is 3.06. The Morgan fingerprint density at radius 3 is 2.63 bits per heavy atom. The number of nitrogens with one attached hydrogen (secondary N) is 2. The Hall–Kier alpha value is -1.46. The monoisotopic (exact) mass is 402 g/mol. The first kappa shape index (κ1) is 10.9. The Morgan fingerprint density at radius 1 is 1.26 bits per heavy atom. The summed E-state index contributed by atoms with van der Waals surface area (Å²) in [5, 5.41) is 4.50. The van der Waals surface area contributed by atoms with E-state index in [2.05, 4.69) is 10.2 Å². The van der Waals surface area contributed by atoms with Crippen molar-refractivity contribution in [2.45, 2.75) is 44.9 Å². The summed E-state index contributed by atoms with van der Waals surface area (Å²) in [4.78, 5) is 15.9. The molecule has 0 radical (unpaired) electrons. The zero-order valence-electron chi connectivity index (χ0n) is 25.7. The second-order valence-electron chi connectivity index (χ2n) is 6.54. The molecule has 3 rings (SSSR count). The summed E-state index contributed by atoms with van der Waals surface area (Å²) in [5.41, 5.74) is 1.83. The average Bonchev–Trinajstić information content (AvgIpc) is 2.83. The van der Waals surface area contributed by atoms with Gasteiger partial charge in [0.15, 0.2) is 0 Å². The maximum atomic E-state index is 12.0. The fraction of sp³-hybridized carbons (Fsp3) is 0.667. The summed E-state index contributed by atoms with van der Waals surface area (Å²) in [6.07, 6.45) is -14.2. The van der Waals surface area contributed by atoms with Crippen LogP contribution in [-0.2, 0) is 0 Å². The van der Waals surface area contributed by atoms with Gasteiger partial charge in [0, 0.05) is 51.6 Å². The van der Waals surface area contributed by atoms with Crippen molar-refractivity contribution >= 4 is 23.3 Å². The third kappa shape index (κ3) is 5.52. The van der Waals surface area contributed by atoms with Gasteiger partial charge in [-0.25, -0.2) is 4.79 Å². The van der Waals surface area contributed by atoms with E-state index >= 15 is 0 Å². The zero-order chi connectivity index (χ0) is 28.2. The quantitative estimate of drug-likeness (QED) is 0.790. The van der Waals surface area contributed by atoms with Gasteiger partial charge in [0.25, 0.3) is 0 Å². The topological polar surface area (TPSA) is 47.6 Å². The molecule has 0 atom stereocenters. The standard InChI is InChI=1S/C21H33ClN4O/c1-16-4-3-5-19(20(16)22)26-14-12-25(13-15-26)11-10-17-6-8-18(9-7-17)24-21(27)23-2/h3-5,17-18H,6-15H2,1-2H3,(H2,23,24,27)/i6D2,7D2,8D2,9D2,17D,18D. The van der Waals surface area contributed by atoms with E-state index in [4.69, 9.17) is 25.3 Å². The van der Waals surface area contributed by atoms with E-state index in [1.54, 1.807) is 5.32 Å². The number of benzene rings is 1. The normalized spacial score (nSPS) is 42.3. The lowest BCUT2D eigenvalue weighted by molar-refractivity contribution is 0.206. The molecule has 27 heavy (non-hydrogen) atoms. The molecule has 0 unspecified atom stereocenters. The molecule has 1 saturated heterocycles. The Kier molecular flexibility index (Phi) is 3.90. The van der Waals surface area contributed by atoms with Gasteiger partial charge in [-0.2, -0.15) is 0 Å². The van der Waals surface area contributed by atoms with Crippen LogP contribution in [0.3, 0.4) is 0 Å². The van der Waals surface area contributed by atoms with Gasteiger partial charge < -0.3 is 15.5 Å². The van der Waals surface area contributed by atoms with Crippen molar-refractivity contribution < 1.29 is 18.5 Å². The van der Waals surface area contributed by atoms with Crippen LogP contribution < -0.4 is 15.5 Å². The Morgan fingerprint density at radius 2 is 1.96 bits per heavy atom. The lowest BCUT2D eigenvalue weighted by atomic mass is 9.84. The van der Waals surface area contributed by atoms with Crippen molar-refractivity contribution in [3.63, 3.8) is 0 Å². The summed E-state index contributed by atoms with van der Waals surface area (Å²) in [5.74, 6) is -2.92. The van der Waals surface area contributed by atoms with E-state index in [-0.39, 0.29) is 6.54 Å². The summed E-state index contributed by atoms with van der Waals surface area (Å²) in [7, 11) is 1.15. The molecule has 1 saturated carbocycles. The van der Waals surface area contributed by atoms with E-state index < -0.39 is 49.9 Å². The molecule has 1 aromatic carbocycles. The van der Waals surface area contributed by atoms with Crippen LogP contribution in [0, 0.1) is 12.8 Å². The van der Waals surface area contributed by atoms with Crippen molar-refractivity contribution in [1.29, 1.82) is 0 Å². The van der Waals surface area contributed by atoms with Crippen LogP contribution >= 0.6 is 11.6 Å². The van der Waals surface area contributed by atoms with Crippen LogP contribution in [0.2, 0.25) is 5.02 Å². The van der Waals surface area contributed by atoms with Crippen molar-refractivity contribution in [2.24, 2.45) is 5.89 Å². The van der Waals surface area contributed by atoms with Crippen LogP contribution in [0.5, 0.6) is 0 Å². The first-order chi connectivity index (χ1) is 16.8. The first-order valence-electron chi connectivity index (χ1n) is 14.0. The minimum absolute atomic E-state index is 0.0118. The van der Waals surface area contributed by atoms with E-state index in [0.717, 1.165) is 18.3 Å². The summed E-state index contributed by atoms with van der Waals surface area (Å²) < 4.78 is 85.3. The molecule has 0 bridgehead atoms. The number of carbonyl (C=O) groups excluding carboxylic acids is 1. The first-order valence-corrected chi connectivity index (χ1v) is 9.42. The highest BCUT2D eigenvalue weighted by atomic mass is 35.5. The molecule has 2 aliphatic rings. The predicted molar refractivity (Wildman–Crippen MR) is 113 cm³/mol. The highest BCUT2D eigenvalue weighted by molar-refractivity contribution is 6.34. The van der Waals surface area contributed by atoms with Crippen LogP contribution in [0.15, 0.2) is 18.2 Å². The van der Waals surface area contributed by atoms with E-state index in [1.165, 1.54) is 0 Å². The molecule has 2 fully saturated rings. The molecule has 6 heteroatoms. The molecule has 1 aromatic rings. The third-order valence-electron chi connectivity index (χ3n) is 4.70. The SMILES string of the molecule is [2H]C1([2H])C([2H])([2H])C([2H])(NC(=O)NC)C([2H])([2H])C([2H])([2H])C1([2H])CCN1CCN(c2cccc(C)c2Cl)CC1. The number of urea groups is 1. The molecule has 1 aliphatic carbocycles. The average molecular weight is 403 g/mol. The van der Waals surface area contributed by atoms with Gasteiger partial charge >= 0.3 is 6.03 Å². The molecule has 1 aliphatic heterocycles. The van der Waals surface area contributed by atoms with Crippen LogP contribution in [0.1, 0.15) is 51.2 Å². The predicted octanol–water partition coefficient (Wildman–Crippen LogP) is 3.65. The number of hydrogen-bond acceptors (Lipinski definition) is 3. The Bertz CT molecular complexity index is 1000. The number of rotatable bonds is 5. The maximum Gasteiger partial charge on any atom is 0.314 e. The Balaban J connectivity index is 1.84. The number of hydrogen-bond donors (Lipinski definition) is 2. The second kappa shape index (κ2) is 9.65. The number of piperazine rings is 1. The molecule has 2 amide bonds. The molecule has 0 spiro atoms. The van der Waals surface area contributed by atoms with E-state index in [9.17, 15) is 4.79 Å².